The fraction of sp³-hybridized carbons (Fsp3) is 0.130. The minimum Gasteiger partial charge on any atom is -0.493 e. The van der Waals surface area contributed by atoms with Gasteiger partial charge in [0.25, 0.3) is 0 Å². The van der Waals surface area contributed by atoms with Crippen molar-refractivity contribution < 1.29 is 19.4 Å². The topological polar surface area (TPSA) is 68.1 Å². The van der Waals surface area contributed by atoms with Gasteiger partial charge in [-0.1, -0.05) is 24.3 Å². The second-order valence-electron chi connectivity index (χ2n) is 6.30. The summed E-state index contributed by atoms with van der Waals surface area (Å²) in [4.78, 5) is 15.4. The molecule has 3 aromatic rings. The SMILES string of the molecule is COc1cc(C=Nc2cccc(C)c2)ccc1OCc1ccc(C(=O)O)cc1. The summed E-state index contributed by atoms with van der Waals surface area (Å²) in [6.07, 6.45) is 1.78. The average Bonchev–Trinajstić information content (AvgIpc) is 2.71. The van der Waals surface area contributed by atoms with Gasteiger partial charge < -0.3 is 14.6 Å². The maximum absolute atomic E-state index is 10.9. The van der Waals surface area contributed by atoms with Crippen molar-refractivity contribution in [2.45, 2.75) is 13.5 Å². The molecular weight excluding hydrogens is 354 g/mol. The highest BCUT2D eigenvalue weighted by Gasteiger charge is 2.07. The number of carboxylic acids is 1. The van der Waals surface area contributed by atoms with Crippen molar-refractivity contribution in [3.8, 4) is 11.5 Å². The van der Waals surface area contributed by atoms with Crippen LogP contribution in [0.3, 0.4) is 0 Å². The molecule has 5 nitrogen and oxygen atoms in total. The number of aromatic carboxylic acids is 1. The van der Waals surface area contributed by atoms with Crippen LogP contribution in [0.2, 0.25) is 0 Å². The summed E-state index contributed by atoms with van der Waals surface area (Å²) >= 11 is 0. The number of benzene rings is 3. The van der Waals surface area contributed by atoms with Gasteiger partial charge in [0.15, 0.2) is 11.5 Å². The van der Waals surface area contributed by atoms with E-state index in [0.29, 0.717) is 18.1 Å². The Morgan fingerprint density at radius 2 is 1.82 bits per heavy atom. The van der Waals surface area contributed by atoms with Crippen LogP contribution in [-0.4, -0.2) is 24.4 Å². The Kier molecular flexibility index (Phi) is 6.07. The van der Waals surface area contributed by atoms with Crippen LogP contribution in [0, 0.1) is 6.92 Å². The highest BCUT2D eigenvalue weighted by Crippen LogP contribution is 2.28. The molecule has 1 N–H and O–H groups in total. The summed E-state index contributed by atoms with van der Waals surface area (Å²) in [6, 6.07) is 20.2. The Bertz CT molecular complexity index is 994. The van der Waals surface area contributed by atoms with Crippen molar-refractivity contribution in [3.63, 3.8) is 0 Å². The number of hydrogen-bond donors (Lipinski definition) is 1. The summed E-state index contributed by atoms with van der Waals surface area (Å²) in [7, 11) is 1.59. The molecule has 0 amide bonds. The molecule has 0 bridgehead atoms. The molecule has 0 radical (unpaired) electrons. The van der Waals surface area contributed by atoms with Gasteiger partial charge in [0.05, 0.1) is 18.4 Å². The average molecular weight is 375 g/mol. The molecule has 0 aliphatic rings. The first-order valence-corrected chi connectivity index (χ1v) is 8.79. The minimum absolute atomic E-state index is 0.249. The van der Waals surface area contributed by atoms with E-state index in [9.17, 15) is 4.79 Å². The van der Waals surface area contributed by atoms with Crippen LogP contribution < -0.4 is 9.47 Å². The summed E-state index contributed by atoms with van der Waals surface area (Å²) in [5, 5.41) is 8.95. The van der Waals surface area contributed by atoms with E-state index in [4.69, 9.17) is 14.6 Å². The van der Waals surface area contributed by atoms with Crippen LogP contribution in [0.15, 0.2) is 71.7 Å². The number of carbonyl (C=O) groups is 1. The molecule has 0 atom stereocenters. The van der Waals surface area contributed by atoms with Gasteiger partial charge in [0.1, 0.15) is 6.61 Å². The van der Waals surface area contributed by atoms with Gasteiger partial charge in [-0.3, -0.25) is 4.99 Å². The second-order valence-corrected chi connectivity index (χ2v) is 6.30. The third kappa shape index (κ3) is 4.98. The lowest BCUT2D eigenvalue weighted by molar-refractivity contribution is 0.0697. The van der Waals surface area contributed by atoms with E-state index in [-0.39, 0.29) is 5.56 Å². The maximum atomic E-state index is 10.9. The number of aryl methyl sites for hydroxylation is 1. The Labute approximate surface area is 163 Å². The fourth-order valence-corrected chi connectivity index (χ4v) is 2.65. The first kappa shape index (κ1) is 19.2. The molecule has 0 spiro atoms. The summed E-state index contributed by atoms with van der Waals surface area (Å²) < 4.78 is 11.3. The lowest BCUT2D eigenvalue weighted by Crippen LogP contribution is -2.00. The van der Waals surface area contributed by atoms with Crippen LogP contribution >= 0.6 is 0 Å². The summed E-state index contributed by atoms with van der Waals surface area (Å²) in [6.45, 7) is 2.34. The van der Waals surface area contributed by atoms with Crippen molar-refractivity contribution in [3.05, 3.63) is 89.0 Å². The lowest BCUT2D eigenvalue weighted by atomic mass is 10.1. The molecule has 3 aromatic carbocycles. The van der Waals surface area contributed by atoms with E-state index in [1.54, 1.807) is 37.6 Å². The highest BCUT2D eigenvalue weighted by molar-refractivity contribution is 5.87. The van der Waals surface area contributed by atoms with E-state index >= 15 is 0 Å². The van der Waals surface area contributed by atoms with Gasteiger partial charge in [-0.15, -0.1) is 0 Å². The molecule has 0 aromatic heterocycles. The van der Waals surface area contributed by atoms with Crippen molar-refractivity contribution in [2.75, 3.05) is 7.11 Å². The van der Waals surface area contributed by atoms with Crippen LogP contribution in [0.5, 0.6) is 11.5 Å². The smallest absolute Gasteiger partial charge is 0.335 e. The predicted molar refractivity (Wildman–Crippen MR) is 109 cm³/mol. The molecule has 0 unspecified atom stereocenters. The highest BCUT2D eigenvalue weighted by atomic mass is 16.5. The fourth-order valence-electron chi connectivity index (χ4n) is 2.65. The molecule has 0 saturated carbocycles. The normalized spacial score (nSPS) is 10.8. The summed E-state index contributed by atoms with van der Waals surface area (Å²) in [5.74, 6) is 0.268. The summed E-state index contributed by atoms with van der Waals surface area (Å²) in [5.41, 5.74) is 4.07. The van der Waals surface area contributed by atoms with E-state index in [0.717, 1.165) is 22.4 Å². The quantitative estimate of drug-likeness (QED) is 0.588. The van der Waals surface area contributed by atoms with Crippen LogP contribution in [-0.2, 0) is 6.61 Å². The Morgan fingerprint density at radius 3 is 2.50 bits per heavy atom. The number of ether oxygens (including phenoxy) is 2. The molecular formula is C23H21NO4. The molecule has 0 aliphatic heterocycles. The van der Waals surface area contributed by atoms with Gasteiger partial charge in [-0.05, 0) is 66.1 Å². The van der Waals surface area contributed by atoms with Crippen molar-refractivity contribution >= 4 is 17.9 Å². The Morgan fingerprint density at radius 1 is 1.04 bits per heavy atom. The third-order valence-corrected chi connectivity index (χ3v) is 4.15. The van der Waals surface area contributed by atoms with E-state index in [1.165, 1.54) is 0 Å². The Hall–Kier alpha value is -3.60. The molecule has 0 aliphatic carbocycles. The van der Waals surface area contributed by atoms with E-state index in [1.807, 2.05) is 49.4 Å². The maximum Gasteiger partial charge on any atom is 0.335 e. The van der Waals surface area contributed by atoms with Gasteiger partial charge in [-0.2, -0.15) is 0 Å². The number of hydrogen-bond acceptors (Lipinski definition) is 4. The number of nitrogens with zero attached hydrogens (tertiary/aromatic N) is 1. The lowest BCUT2D eigenvalue weighted by Gasteiger charge is -2.11. The van der Waals surface area contributed by atoms with Gasteiger partial charge in [0.2, 0.25) is 0 Å². The minimum atomic E-state index is -0.947. The first-order chi connectivity index (χ1) is 13.5. The van der Waals surface area contributed by atoms with Crippen molar-refractivity contribution in [1.29, 1.82) is 0 Å². The predicted octanol–water partition coefficient (Wildman–Crippen LogP) is 5.03. The molecule has 5 heteroatoms. The van der Waals surface area contributed by atoms with Gasteiger partial charge in [-0.25, -0.2) is 4.79 Å². The van der Waals surface area contributed by atoms with Crippen LogP contribution in [0.25, 0.3) is 0 Å². The first-order valence-electron chi connectivity index (χ1n) is 8.79. The number of methoxy groups -OCH3 is 1. The molecule has 0 fully saturated rings. The molecule has 3 rings (SSSR count). The van der Waals surface area contributed by atoms with Gasteiger partial charge in [0, 0.05) is 6.21 Å². The van der Waals surface area contributed by atoms with Crippen LogP contribution in [0.4, 0.5) is 5.69 Å². The largest absolute Gasteiger partial charge is 0.493 e. The van der Waals surface area contributed by atoms with Crippen LogP contribution in [0.1, 0.15) is 27.0 Å². The monoisotopic (exact) mass is 375 g/mol. The third-order valence-electron chi connectivity index (χ3n) is 4.15. The Balaban J connectivity index is 1.69. The second kappa shape index (κ2) is 8.86. The van der Waals surface area contributed by atoms with E-state index < -0.39 is 5.97 Å². The van der Waals surface area contributed by atoms with Crippen molar-refractivity contribution in [2.24, 2.45) is 4.99 Å². The molecule has 28 heavy (non-hydrogen) atoms. The van der Waals surface area contributed by atoms with E-state index in [2.05, 4.69) is 4.99 Å². The molecule has 0 heterocycles. The zero-order chi connectivity index (χ0) is 19.9. The van der Waals surface area contributed by atoms with Crippen molar-refractivity contribution in [1.82, 2.24) is 0 Å². The number of aliphatic imine (C=N–C) groups is 1. The number of carboxylic acid groups (broad SMARTS) is 1. The zero-order valence-electron chi connectivity index (χ0n) is 15.8. The number of rotatable bonds is 7. The molecule has 0 saturated heterocycles. The molecule has 142 valence electrons. The standard InChI is InChI=1S/C23H21NO4/c1-16-4-3-5-20(12-16)24-14-18-8-11-21(22(13-18)27-2)28-15-17-6-9-19(10-7-17)23(25)26/h3-14H,15H2,1-2H3,(H,25,26). The van der Waals surface area contributed by atoms with Gasteiger partial charge >= 0.3 is 5.97 Å². The zero-order valence-corrected chi connectivity index (χ0v) is 15.8.